The summed E-state index contributed by atoms with van der Waals surface area (Å²) in [6, 6.07) is -0.113. The summed E-state index contributed by atoms with van der Waals surface area (Å²) < 4.78 is 1.74. The molecule has 1 amide bonds. The van der Waals surface area contributed by atoms with E-state index in [2.05, 4.69) is 27.3 Å². The van der Waals surface area contributed by atoms with Crippen LogP contribution >= 0.6 is 0 Å². The zero-order chi connectivity index (χ0) is 14.9. The van der Waals surface area contributed by atoms with Gasteiger partial charge in [0, 0.05) is 38.8 Å². The molecule has 6 nitrogen and oxygen atoms in total. The van der Waals surface area contributed by atoms with Crippen molar-refractivity contribution in [1.29, 1.82) is 0 Å². The molecule has 112 valence electrons. The molecule has 1 unspecified atom stereocenters. The minimum atomic E-state index is -0.113. The van der Waals surface area contributed by atoms with Crippen molar-refractivity contribution >= 4 is 11.7 Å². The van der Waals surface area contributed by atoms with Crippen molar-refractivity contribution in [3.05, 3.63) is 11.3 Å². The van der Waals surface area contributed by atoms with Crippen molar-refractivity contribution in [2.24, 2.45) is 7.05 Å². The van der Waals surface area contributed by atoms with Crippen molar-refractivity contribution in [1.82, 2.24) is 19.6 Å². The molecule has 1 saturated heterocycles. The van der Waals surface area contributed by atoms with Gasteiger partial charge in [-0.25, -0.2) is 0 Å². The fourth-order valence-corrected chi connectivity index (χ4v) is 2.53. The Morgan fingerprint density at radius 3 is 2.30 bits per heavy atom. The first-order valence-corrected chi connectivity index (χ1v) is 7.13. The molecule has 2 rings (SSSR count). The van der Waals surface area contributed by atoms with Crippen LogP contribution in [0.25, 0.3) is 0 Å². The molecule has 20 heavy (non-hydrogen) atoms. The van der Waals surface area contributed by atoms with Gasteiger partial charge in [-0.1, -0.05) is 0 Å². The lowest BCUT2D eigenvalue weighted by atomic mass is 10.2. The summed E-state index contributed by atoms with van der Waals surface area (Å²) in [5, 5.41) is 7.34. The molecule has 0 aliphatic carbocycles. The lowest BCUT2D eigenvalue weighted by Crippen LogP contribution is -2.51. The van der Waals surface area contributed by atoms with Gasteiger partial charge in [0.25, 0.3) is 0 Å². The van der Waals surface area contributed by atoms with E-state index in [1.807, 2.05) is 27.8 Å². The monoisotopic (exact) mass is 279 g/mol. The molecular formula is C14H25N5O. The SMILES string of the molecule is Cc1nn(C)c(NC(=O)C(C)N2CCN(C)CC2)c1C. The number of anilines is 1. The van der Waals surface area contributed by atoms with Crippen LogP contribution in [-0.4, -0.2) is 64.8 Å². The van der Waals surface area contributed by atoms with Gasteiger partial charge in [-0.3, -0.25) is 14.4 Å². The van der Waals surface area contributed by atoms with Crippen LogP contribution in [0.1, 0.15) is 18.2 Å². The second kappa shape index (κ2) is 5.93. The summed E-state index contributed by atoms with van der Waals surface area (Å²) in [5.74, 6) is 0.842. The molecule has 0 saturated carbocycles. The normalized spacial score (nSPS) is 19.1. The number of nitrogens with zero attached hydrogens (tertiary/aromatic N) is 4. The molecule has 0 aromatic carbocycles. The van der Waals surface area contributed by atoms with Gasteiger partial charge in [0.1, 0.15) is 5.82 Å². The first-order valence-electron chi connectivity index (χ1n) is 7.13. The van der Waals surface area contributed by atoms with Crippen LogP contribution in [0, 0.1) is 13.8 Å². The zero-order valence-corrected chi connectivity index (χ0v) is 13.1. The van der Waals surface area contributed by atoms with Gasteiger partial charge in [0.2, 0.25) is 5.91 Å². The van der Waals surface area contributed by atoms with E-state index in [-0.39, 0.29) is 11.9 Å². The molecule has 2 heterocycles. The lowest BCUT2D eigenvalue weighted by Gasteiger charge is -2.35. The van der Waals surface area contributed by atoms with E-state index in [9.17, 15) is 4.79 Å². The van der Waals surface area contributed by atoms with Gasteiger partial charge in [0.15, 0.2) is 0 Å². The van der Waals surface area contributed by atoms with Crippen molar-refractivity contribution in [3.8, 4) is 0 Å². The maximum absolute atomic E-state index is 12.4. The minimum absolute atomic E-state index is 0.0423. The van der Waals surface area contributed by atoms with Gasteiger partial charge < -0.3 is 10.2 Å². The van der Waals surface area contributed by atoms with Gasteiger partial charge in [0.05, 0.1) is 11.7 Å². The Hall–Kier alpha value is -1.40. The Morgan fingerprint density at radius 1 is 1.20 bits per heavy atom. The number of carbonyl (C=O) groups is 1. The zero-order valence-electron chi connectivity index (χ0n) is 13.1. The van der Waals surface area contributed by atoms with Gasteiger partial charge >= 0.3 is 0 Å². The molecule has 0 spiro atoms. The third kappa shape index (κ3) is 3.02. The van der Waals surface area contributed by atoms with E-state index in [1.54, 1.807) is 4.68 Å². The average molecular weight is 279 g/mol. The van der Waals surface area contributed by atoms with E-state index in [0.29, 0.717) is 0 Å². The van der Waals surface area contributed by atoms with Crippen molar-refractivity contribution in [2.75, 3.05) is 38.5 Å². The Kier molecular flexibility index (Phi) is 4.45. The topological polar surface area (TPSA) is 53.4 Å². The summed E-state index contributed by atoms with van der Waals surface area (Å²) in [4.78, 5) is 16.9. The molecule has 0 bridgehead atoms. The molecule has 1 aromatic heterocycles. The summed E-state index contributed by atoms with van der Waals surface area (Å²) in [6.45, 7) is 9.82. The molecule has 6 heteroatoms. The minimum Gasteiger partial charge on any atom is -0.309 e. The van der Waals surface area contributed by atoms with E-state index in [0.717, 1.165) is 43.3 Å². The number of aryl methyl sites for hydroxylation is 2. The molecule has 1 aromatic rings. The largest absolute Gasteiger partial charge is 0.309 e. The quantitative estimate of drug-likeness (QED) is 0.881. The van der Waals surface area contributed by atoms with Crippen LogP contribution in [0.2, 0.25) is 0 Å². The molecule has 1 fully saturated rings. The third-order valence-corrected chi connectivity index (χ3v) is 4.23. The van der Waals surface area contributed by atoms with Gasteiger partial charge in [-0.15, -0.1) is 0 Å². The highest BCUT2D eigenvalue weighted by Crippen LogP contribution is 2.17. The predicted molar refractivity (Wildman–Crippen MR) is 79.8 cm³/mol. The molecule has 1 aliphatic rings. The Labute approximate surface area is 120 Å². The van der Waals surface area contributed by atoms with E-state index < -0.39 is 0 Å². The van der Waals surface area contributed by atoms with Crippen LogP contribution in [0.3, 0.4) is 0 Å². The number of amides is 1. The maximum atomic E-state index is 12.4. The molecular weight excluding hydrogens is 254 g/mol. The van der Waals surface area contributed by atoms with Crippen LogP contribution in [0.5, 0.6) is 0 Å². The number of nitrogens with one attached hydrogen (secondary N) is 1. The van der Waals surface area contributed by atoms with Crippen molar-refractivity contribution < 1.29 is 4.79 Å². The first-order chi connectivity index (χ1) is 9.40. The molecule has 1 atom stereocenters. The van der Waals surface area contributed by atoms with E-state index in [1.165, 1.54) is 0 Å². The Morgan fingerprint density at radius 2 is 1.80 bits per heavy atom. The summed E-state index contributed by atoms with van der Waals surface area (Å²) in [7, 11) is 3.97. The van der Waals surface area contributed by atoms with Crippen molar-refractivity contribution in [2.45, 2.75) is 26.8 Å². The number of likely N-dealkylation sites (N-methyl/N-ethyl adjacent to an activating group) is 1. The third-order valence-electron chi connectivity index (χ3n) is 4.23. The fraction of sp³-hybridized carbons (Fsp3) is 0.714. The van der Waals surface area contributed by atoms with Gasteiger partial charge in [-0.05, 0) is 27.8 Å². The Balaban J connectivity index is 2.01. The first kappa shape index (κ1) is 15.0. The summed E-state index contributed by atoms with van der Waals surface area (Å²) >= 11 is 0. The number of rotatable bonds is 3. The van der Waals surface area contributed by atoms with Crippen LogP contribution in [0.4, 0.5) is 5.82 Å². The maximum Gasteiger partial charge on any atom is 0.242 e. The van der Waals surface area contributed by atoms with Gasteiger partial charge in [-0.2, -0.15) is 5.10 Å². The standard InChI is InChI=1S/C14H25N5O/c1-10-11(2)16-18(5)13(10)15-14(20)12(3)19-8-6-17(4)7-9-19/h12H,6-9H2,1-5H3,(H,15,20). The number of piperazine rings is 1. The highest BCUT2D eigenvalue weighted by Gasteiger charge is 2.25. The highest BCUT2D eigenvalue weighted by atomic mass is 16.2. The van der Waals surface area contributed by atoms with E-state index >= 15 is 0 Å². The van der Waals surface area contributed by atoms with Crippen LogP contribution < -0.4 is 5.32 Å². The van der Waals surface area contributed by atoms with Crippen molar-refractivity contribution in [3.63, 3.8) is 0 Å². The second-order valence-corrected chi connectivity index (χ2v) is 5.69. The summed E-state index contributed by atoms with van der Waals surface area (Å²) in [6.07, 6.45) is 0. The summed E-state index contributed by atoms with van der Waals surface area (Å²) in [5.41, 5.74) is 1.99. The second-order valence-electron chi connectivity index (χ2n) is 5.69. The Bertz CT molecular complexity index is 488. The van der Waals surface area contributed by atoms with Crippen LogP contribution in [-0.2, 0) is 11.8 Å². The highest BCUT2D eigenvalue weighted by molar-refractivity contribution is 5.94. The number of hydrogen-bond donors (Lipinski definition) is 1. The number of aromatic nitrogens is 2. The molecule has 0 radical (unpaired) electrons. The lowest BCUT2D eigenvalue weighted by molar-refractivity contribution is -0.121. The number of hydrogen-bond acceptors (Lipinski definition) is 4. The van der Waals surface area contributed by atoms with E-state index in [4.69, 9.17) is 0 Å². The number of carbonyl (C=O) groups excluding carboxylic acids is 1. The average Bonchev–Trinajstić information content (AvgIpc) is 2.65. The smallest absolute Gasteiger partial charge is 0.242 e. The predicted octanol–water partition coefficient (Wildman–Crippen LogP) is 0.611. The molecule has 1 aliphatic heterocycles. The fourth-order valence-electron chi connectivity index (χ4n) is 2.53. The van der Waals surface area contributed by atoms with Crippen LogP contribution in [0.15, 0.2) is 0 Å². The molecule has 1 N–H and O–H groups in total.